The first-order chi connectivity index (χ1) is 15.2. The first-order valence-corrected chi connectivity index (χ1v) is 10.7. The molecule has 1 aliphatic carbocycles. The van der Waals surface area contributed by atoms with Gasteiger partial charge < -0.3 is 16.2 Å². The number of hydrogen-bond donors (Lipinski definition) is 3. The van der Waals surface area contributed by atoms with Crippen LogP contribution in [0.2, 0.25) is 5.02 Å². The lowest BCUT2D eigenvalue weighted by Crippen LogP contribution is -2.35. The maximum absolute atomic E-state index is 15.2. The van der Waals surface area contributed by atoms with Crippen molar-refractivity contribution in [3.63, 3.8) is 0 Å². The minimum Gasteiger partial charge on any atom is -0.398 e. The number of carbonyl (C=O) groups excluding carboxylic acids is 1. The number of aromatic nitrogens is 4. The van der Waals surface area contributed by atoms with Crippen molar-refractivity contribution in [2.24, 2.45) is 0 Å². The second-order valence-electron chi connectivity index (χ2n) is 8.79. The number of Topliss-reactive ketones (excluding diaryl/α,β-unsaturated/α-hetero) is 1. The van der Waals surface area contributed by atoms with Gasteiger partial charge >= 0.3 is 0 Å². The van der Waals surface area contributed by atoms with E-state index in [4.69, 9.17) is 17.3 Å². The van der Waals surface area contributed by atoms with Gasteiger partial charge in [0.15, 0.2) is 5.78 Å². The van der Waals surface area contributed by atoms with Crippen LogP contribution in [0.1, 0.15) is 42.1 Å². The van der Waals surface area contributed by atoms with Crippen molar-refractivity contribution in [2.45, 2.75) is 43.7 Å². The van der Waals surface area contributed by atoms with Gasteiger partial charge in [-0.2, -0.15) is 5.10 Å². The summed E-state index contributed by atoms with van der Waals surface area (Å²) in [7, 11) is 0. The van der Waals surface area contributed by atoms with Crippen molar-refractivity contribution < 1.29 is 14.3 Å². The summed E-state index contributed by atoms with van der Waals surface area (Å²) >= 11 is 6.87. The summed E-state index contributed by atoms with van der Waals surface area (Å²) in [6.07, 6.45) is 6.21. The molecule has 1 aromatic carbocycles. The zero-order chi connectivity index (χ0) is 22.7. The third kappa shape index (κ3) is 3.15. The molecule has 10 heteroatoms. The van der Waals surface area contributed by atoms with E-state index in [9.17, 15) is 9.90 Å². The molecule has 0 saturated heterocycles. The fraction of sp³-hybridized carbons (Fsp3) is 0.364. The number of anilines is 2. The number of nitrogens with two attached hydrogens (primary N) is 1. The van der Waals surface area contributed by atoms with Gasteiger partial charge in [0.25, 0.3) is 0 Å². The summed E-state index contributed by atoms with van der Waals surface area (Å²) in [5.74, 6) is -0.541. The predicted octanol–water partition coefficient (Wildman–Crippen LogP) is 3.20. The van der Waals surface area contributed by atoms with E-state index in [2.05, 4.69) is 20.4 Å². The highest BCUT2D eigenvalue weighted by Crippen LogP contribution is 2.55. The van der Waals surface area contributed by atoms with Crippen molar-refractivity contribution >= 4 is 28.9 Å². The van der Waals surface area contributed by atoms with Crippen molar-refractivity contribution in [2.75, 3.05) is 17.6 Å². The Labute approximate surface area is 188 Å². The number of ketones is 1. The summed E-state index contributed by atoms with van der Waals surface area (Å²) in [4.78, 5) is 20.4. The number of nitrogens with one attached hydrogen (secondary N) is 1. The van der Waals surface area contributed by atoms with E-state index < -0.39 is 22.6 Å². The maximum Gasteiger partial charge on any atom is 0.164 e. The first kappa shape index (κ1) is 20.8. The monoisotopic (exact) mass is 456 g/mol. The second kappa shape index (κ2) is 7.25. The standard InChI is InChI=1S/C22H22ClFN6O2/c1-12(31)16-15(25)3-2-13(19(16)24)14-6-27-20-17(18(14)23)21(8-28-20)4-5-22(32,7-21)9-30-11-26-10-29-30/h2-3,6,10-11,32H,4-5,7-9,25H2,1H3,(H,27,28)/t21-,22+/m0/s1. The molecule has 2 aliphatic rings. The van der Waals surface area contributed by atoms with Crippen LogP contribution in [0.25, 0.3) is 11.1 Å². The molecule has 8 nitrogen and oxygen atoms in total. The number of pyridine rings is 1. The molecule has 1 spiro atoms. The van der Waals surface area contributed by atoms with Gasteiger partial charge in [0, 0.05) is 40.5 Å². The minimum absolute atomic E-state index is 0.0797. The molecule has 1 saturated carbocycles. The quantitative estimate of drug-likeness (QED) is 0.407. The van der Waals surface area contributed by atoms with Crippen LogP contribution < -0.4 is 11.1 Å². The fourth-order valence-corrected chi connectivity index (χ4v) is 5.63. The Kier molecular flexibility index (Phi) is 4.72. The minimum atomic E-state index is -0.982. The van der Waals surface area contributed by atoms with Crippen LogP contribution in [-0.2, 0) is 12.0 Å². The number of halogens is 2. The third-order valence-electron chi connectivity index (χ3n) is 6.62. The number of nitrogens with zero attached hydrogens (tertiary/aromatic N) is 4. The molecule has 1 aliphatic heterocycles. The topological polar surface area (TPSA) is 119 Å². The summed E-state index contributed by atoms with van der Waals surface area (Å²) in [5, 5.41) is 19.0. The van der Waals surface area contributed by atoms with Gasteiger partial charge in [-0.3, -0.25) is 9.48 Å². The van der Waals surface area contributed by atoms with E-state index in [0.29, 0.717) is 48.8 Å². The molecule has 0 bridgehead atoms. The number of aliphatic hydroxyl groups is 1. The van der Waals surface area contributed by atoms with E-state index in [1.807, 2.05) is 0 Å². The van der Waals surface area contributed by atoms with Gasteiger partial charge in [-0.05, 0) is 38.3 Å². The highest BCUT2D eigenvalue weighted by molar-refractivity contribution is 6.34. The van der Waals surface area contributed by atoms with Crippen LogP contribution in [0.4, 0.5) is 15.9 Å². The number of rotatable bonds is 4. The Bertz CT molecular complexity index is 1230. The Morgan fingerprint density at radius 1 is 1.38 bits per heavy atom. The normalized spacial score (nSPS) is 24.0. The Morgan fingerprint density at radius 2 is 2.19 bits per heavy atom. The number of hydrogen-bond acceptors (Lipinski definition) is 7. The van der Waals surface area contributed by atoms with Crippen molar-refractivity contribution in [1.29, 1.82) is 0 Å². The lowest BCUT2D eigenvalue weighted by molar-refractivity contribution is 0.0210. The van der Waals surface area contributed by atoms with Gasteiger partial charge in [0.1, 0.15) is 24.3 Å². The molecule has 166 valence electrons. The fourth-order valence-electron chi connectivity index (χ4n) is 5.19. The van der Waals surface area contributed by atoms with Crippen molar-refractivity contribution in [3.8, 4) is 11.1 Å². The number of benzene rings is 1. The Hall–Kier alpha value is -3.04. The average molecular weight is 457 g/mol. The molecule has 1 fully saturated rings. The number of fused-ring (bicyclic) bond motifs is 2. The van der Waals surface area contributed by atoms with Gasteiger partial charge in [-0.15, -0.1) is 0 Å². The van der Waals surface area contributed by atoms with Crippen LogP contribution in [0.3, 0.4) is 0 Å². The first-order valence-electron chi connectivity index (χ1n) is 10.3. The van der Waals surface area contributed by atoms with E-state index in [1.165, 1.54) is 31.6 Å². The van der Waals surface area contributed by atoms with E-state index in [1.54, 1.807) is 11.0 Å². The number of nitrogen functional groups attached to an aromatic ring is 1. The molecular formula is C22H22ClFN6O2. The van der Waals surface area contributed by atoms with Crippen LogP contribution in [0, 0.1) is 5.82 Å². The predicted molar refractivity (Wildman–Crippen MR) is 118 cm³/mol. The van der Waals surface area contributed by atoms with E-state index in [-0.39, 0.29) is 16.8 Å². The van der Waals surface area contributed by atoms with E-state index in [0.717, 1.165) is 5.56 Å². The van der Waals surface area contributed by atoms with Crippen LogP contribution >= 0.6 is 11.6 Å². The largest absolute Gasteiger partial charge is 0.398 e. The summed E-state index contributed by atoms with van der Waals surface area (Å²) in [6.45, 7) is 2.17. The van der Waals surface area contributed by atoms with Crippen molar-refractivity contribution in [3.05, 3.63) is 53.0 Å². The van der Waals surface area contributed by atoms with Gasteiger partial charge in [0.2, 0.25) is 0 Å². The molecule has 3 heterocycles. The lowest BCUT2D eigenvalue weighted by Gasteiger charge is -2.28. The second-order valence-corrected chi connectivity index (χ2v) is 9.16. The van der Waals surface area contributed by atoms with Crippen molar-refractivity contribution in [1.82, 2.24) is 19.7 Å². The average Bonchev–Trinajstić information content (AvgIpc) is 3.44. The summed E-state index contributed by atoms with van der Waals surface area (Å²) < 4.78 is 16.9. The molecule has 0 radical (unpaired) electrons. The Morgan fingerprint density at radius 3 is 2.91 bits per heavy atom. The lowest BCUT2D eigenvalue weighted by atomic mass is 9.79. The molecule has 4 N–H and O–H groups in total. The molecule has 5 rings (SSSR count). The smallest absolute Gasteiger partial charge is 0.164 e. The zero-order valence-electron chi connectivity index (χ0n) is 17.4. The van der Waals surface area contributed by atoms with Gasteiger partial charge in [-0.25, -0.2) is 14.4 Å². The summed E-state index contributed by atoms with van der Waals surface area (Å²) in [5.41, 5.74) is 5.64. The van der Waals surface area contributed by atoms with E-state index >= 15 is 4.39 Å². The third-order valence-corrected chi connectivity index (χ3v) is 7.01. The summed E-state index contributed by atoms with van der Waals surface area (Å²) in [6, 6.07) is 3.01. The molecule has 2 aromatic heterocycles. The SMILES string of the molecule is CC(=O)c1c(N)ccc(-c2cnc3c(c2Cl)[C@]2(CC[C@](O)(Cn4cncn4)C2)CN3)c1F. The maximum atomic E-state index is 15.2. The molecule has 0 unspecified atom stereocenters. The molecule has 0 amide bonds. The molecule has 3 aromatic rings. The Balaban J connectivity index is 1.57. The molecule has 2 atom stereocenters. The van der Waals surface area contributed by atoms with Gasteiger partial charge in [-0.1, -0.05) is 11.6 Å². The molecule has 32 heavy (non-hydrogen) atoms. The van der Waals surface area contributed by atoms with Crippen LogP contribution in [0.5, 0.6) is 0 Å². The zero-order valence-corrected chi connectivity index (χ0v) is 18.2. The highest BCUT2D eigenvalue weighted by atomic mass is 35.5. The highest BCUT2D eigenvalue weighted by Gasteiger charge is 2.53. The van der Waals surface area contributed by atoms with Crippen LogP contribution in [-0.4, -0.2) is 42.8 Å². The number of carbonyl (C=O) groups is 1. The van der Waals surface area contributed by atoms with Crippen LogP contribution in [0.15, 0.2) is 31.0 Å². The van der Waals surface area contributed by atoms with Gasteiger partial charge in [0.05, 0.1) is 22.7 Å². The molecular weight excluding hydrogens is 435 g/mol.